The van der Waals surface area contributed by atoms with Gasteiger partial charge in [0.2, 0.25) is 5.91 Å². The lowest BCUT2D eigenvalue weighted by atomic mass is 10.1. The van der Waals surface area contributed by atoms with Crippen LogP contribution in [0.15, 0.2) is 30.3 Å². The first-order chi connectivity index (χ1) is 15.3. The minimum Gasteiger partial charge on any atom is -0.377 e. The van der Waals surface area contributed by atoms with Gasteiger partial charge in [-0.2, -0.15) is 0 Å². The summed E-state index contributed by atoms with van der Waals surface area (Å²) in [5.41, 5.74) is 4.52. The van der Waals surface area contributed by atoms with Crippen LogP contribution in [0.25, 0.3) is 17.1 Å². The summed E-state index contributed by atoms with van der Waals surface area (Å²) in [6.07, 6.45) is 4.13. The lowest BCUT2D eigenvalue weighted by Gasteiger charge is -2.18. The summed E-state index contributed by atoms with van der Waals surface area (Å²) in [5, 5.41) is 5.22. The normalized spacial score (nSPS) is 14.5. The molecule has 0 spiro atoms. The Bertz CT molecular complexity index is 1010. The van der Waals surface area contributed by atoms with E-state index in [1.165, 1.54) is 0 Å². The number of nitrogens with one attached hydrogen (secondary N) is 2. The number of carbonyl (C=O) groups excluding carboxylic acids is 2. The van der Waals surface area contributed by atoms with Gasteiger partial charge in [-0.1, -0.05) is 31.2 Å². The predicted molar refractivity (Wildman–Crippen MR) is 127 cm³/mol. The summed E-state index contributed by atoms with van der Waals surface area (Å²) in [7, 11) is 7.68. The van der Waals surface area contributed by atoms with E-state index in [9.17, 15) is 9.59 Å². The third kappa shape index (κ3) is 5.19. The van der Waals surface area contributed by atoms with Gasteiger partial charge in [0.25, 0.3) is 5.91 Å². The van der Waals surface area contributed by atoms with Gasteiger partial charge in [0.05, 0.1) is 12.2 Å². The Hall–Kier alpha value is -3.13. The van der Waals surface area contributed by atoms with Crippen molar-refractivity contribution in [1.29, 1.82) is 0 Å². The summed E-state index contributed by atoms with van der Waals surface area (Å²) < 4.78 is 2.16. The molecule has 172 valence electrons. The summed E-state index contributed by atoms with van der Waals surface area (Å²) in [6, 6.07) is 8.31. The molecule has 2 aromatic rings. The standard InChI is InChI=1S/C24H34N6O2/c1-6-9-19(28(3)4)17-10-7-11-18(14-17)23-27-22(24(32)26-15-21(31)25-2)20-16-29(5)12-8-13-30(20)23/h7,9-11,14H,6,8,12-13,15-16H2,1-5H3,(H,25,31)(H,26,32)/b19-9+. The van der Waals surface area contributed by atoms with Gasteiger partial charge in [-0.05, 0) is 38.1 Å². The molecule has 0 saturated carbocycles. The maximum absolute atomic E-state index is 12.9. The SMILES string of the molecule is CC/C=C(\c1cccc(-c2nc(C(=O)NCC(=O)NC)c3n2CCCN(C)C3)c1)N(C)C. The molecule has 0 saturated heterocycles. The second-order valence-corrected chi connectivity index (χ2v) is 8.30. The molecule has 0 radical (unpaired) electrons. The molecule has 2 amide bonds. The zero-order valence-corrected chi connectivity index (χ0v) is 19.7. The Kier molecular flexibility index (Phi) is 7.69. The minimum atomic E-state index is -0.324. The molecule has 0 fully saturated rings. The average molecular weight is 439 g/mol. The molecule has 0 atom stereocenters. The molecule has 0 aliphatic carbocycles. The summed E-state index contributed by atoms with van der Waals surface area (Å²) in [6.45, 7) is 4.43. The van der Waals surface area contributed by atoms with E-state index in [-0.39, 0.29) is 18.4 Å². The number of rotatable bonds is 7. The topological polar surface area (TPSA) is 82.5 Å². The summed E-state index contributed by atoms with van der Waals surface area (Å²) in [5.74, 6) is 0.222. The second kappa shape index (κ2) is 10.5. The number of amides is 2. The van der Waals surface area contributed by atoms with Gasteiger partial charge in [-0.15, -0.1) is 0 Å². The van der Waals surface area contributed by atoms with E-state index in [0.29, 0.717) is 12.2 Å². The number of carbonyl (C=O) groups is 2. The van der Waals surface area contributed by atoms with Crippen molar-refractivity contribution in [2.75, 3.05) is 41.3 Å². The number of likely N-dealkylation sites (N-methyl/N-ethyl adjacent to an activating group) is 1. The molecule has 1 aliphatic rings. The van der Waals surface area contributed by atoms with E-state index in [4.69, 9.17) is 4.98 Å². The number of imidazole rings is 1. The van der Waals surface area contributed by atoms with Crippen molar-refractivity contribution in [3.05, 3.63) is 47.3 Å². The molecule has 32 heavy (non-hydrogen) atoms. The second-order valence-electron chi connectivity index (χ2n) is 8.30. The number of aromatic nitrogens is 2. The van der Waals surface area contributed by atoms with Gasteiger partial charge < -0.3 is 25.0 Å². The molecule has 8 nitrogen and oxygen atoms in total. The molecule has 3 rings (SSSR count). The zero-order chi connectivity index (χ0) is 23.3. The zero-order valence-electron chi connectivity index (χ0n) is 19.7. The highest BCUT2D eigenvalue weighted by Gasteiger charge is 2.26. The molecular formula is C24H34N6O2. The van der Waals surface area contributed by atoms with Crippen molar-refractivity contribution in [2.45, 2.75) is 32.9 Å². The average Bonchev–Trinajstić information content (AvgIpc) is 3.01. The summed E-state index contributed by atoms with van der Waals surface area (Å²) in [4.78, 5) is 33.7. The van der Waals surface area contributed by atoms with E-state index in [2.05, 4.69) is 50.1 Å². The first kappa shape index (κ1) is 23.5. The molecule has 2 heterocycles. The van der Waals surface area contributed by atoms with Crippen LogP contribution in [-0.2, 0) is 17.9 Å². The van der Waals surface area contributed by atoms with E-state index in [1.807, 2.05) is 33.3 Å². The molecule has 1 aromatic heterocycles. The van der Waals surface area contributed by atoms with Gasteiger partial charge in [-0.25, -0.2) is 4.98 Å². The van der Waals surface area contributed by atoms with Crippen molar-refractivity contribution in [3.63, 3.8) is 0 Å². The predicted octanol–water partition coefficient (Wildman–Crippen LogP) is 2.17. The Morgan fingerprint density at radius 2 is 2.03 bits per heavy atom. The van der Waals surface area contributed by atoms with Crippen LogP contribution in [0.2, 0.25) is 0 Å². The van der Waals surface area contributed by atoms with Gasteiger partial charge >= 0.3 is 0 Å². The number of hydrogen-bond donors (Lipinski definition) is 2. The molecular weight excluding hydrogens is 404 g/mol. The quantitative estimate of drug-likeness (QED) is 0.692. The van der Waals surface area contributed by atoms with Crippen molar-refractivity contribution in [2.24, 2.45) is 0 Å². The molecule has 1 aromatic carbocycles. The maximum Gasteiger partial charge on any atom is 0.272 e. The number of hydrogen-bond acceptors (Lipinski definition) is 5. The first-order valence-corrected chi connectivity index (χ1v) is 11.1. The fraction of sp³-hybridized carbons (Fsp3) is 0.458. The fourth-order valence-corrected chi connectivity index (χ4v) is 4.03. The highest BCUT2D eigenvalue weighted by Crippen LogP contribution is 2.29. The Labute approximate surface area is 190 Å². The van der Waals surface area contributed by atoms with Crippen LogP contribution in [-0.4, -0.2) is 72.4 Å². The monoisotopic (exact) mass is 438 g/mol. The highest BCUT2D eigenvalue weighted by molar-refractivity contribution is 5.96. The highest BCUT2D eigenvalue weighted by atomic mass is 16.2. The molecule has 0 bridgehead atoms. The molecule has 2 N–H and O–H groups in total. The lowest BCUT2D eigenvalue weighted by Crippen LogP contribution is -2.36. The molecule has 1 aliphatic heterocycles. The van der Waals surface area contributed by atoms with Gasteiger partial charge in [0.15, 0.2) is 5.69 Å². The van der Waals surface area contributed by atoms with E-state index in [0.717, 1.165) is 54.3 Å². The third-order valence-corrected chi connectivity index (χ3v) is 5.61. The van der Waals surface area contributed by atoms with Gasteiger partial charge in [0, 0.05) is 45.5 Å². The summed E-state index contributed by atoms with van der Waals surface area (Å²) >= 11 is 0. The van der Waals surface area contributed by atoms with Crippen LogP contribution >= 0.6 is 0 Å². The van der Waals surface area contributed by atoms with E-state index >= 15 is 0 Å². The van der Waals surface area contributed by atoms with Crippen LogP contribution in [0.4, 0.5) is 0 Å². The van der Waals surface area contributed by atoms with Gasteiger partial charge in [0.1, 0.15) is 5.82 Å². The van der Waals surface area contributed by atoms with Crippen molar-refractivity contribution in [3.8, 4) is 11.4 Å². The first-order valence-electron chi connectivity index (χ1n) is 11.1. The van der Waals surface area contributed by atoms with E-state index < -0.39 is 0 Å². The maximum atomic E-state index is 12.9. The van der Waals surface area contributed by atoms with Crippen molar-refractivity contribution < 1.29 is 9.59 Å². The lowest BCUT2D eigenvalue weighted by molar-refractivity contribution is -0.119. The van der Waals surface area contributed by atoms with Crippen LogP contribution in [0.1, 0.15) is 41.5 Å². The van der Waals surface area contributed by atoms with E-state index in [1.54, 1.807) is 7.05 Å². The molecule has 0 unspecified atom stereocenters. The minimum absolute atomic E-state index is 0.0731. The number of benzene rings is 1. The Morgan fingerprint density at radius 1 is 1.25 bits per heavy atom. The largest absolute Gasteiger partial charge is 0.377 e. The number of nitrogens with zero attached hydrogens (tertiary/aromatic N) is 4. The van der Waals surface area contributed by atoms with Crippen LogP contribution < -0.4 is 10.6 Å². The van der Waals surface area contributed by atoms with Crippen LogP contribution in [0, 0.1) is 0 Å². The Morgan fingerprint density at radius 3 is 2.72 bits per heavy atom. The van der Waals surface area contributed by atoms with Crippen molar-refractivity contribution >= 4 is 17.5 Å². The van der Waals surface area contributed by atoms with Gasteiger partial charge in [-0.3, -0.25) is 9.59 Å². The third-order valence-electron chi connectivity index (χ3n) is 5.61. The smallest absolute Gasteiger partial charge is 0.272 e. The van der Waals surface area contributed by atoms with Crippen molar-refractivity contribution in [1.82, 2.24) is 30.0 Å². The fourth-order valence-electron chi connectivity index (χ4n) is 4.03. The molecule has 8 heteroatoms. The Balaban J connectivity index is 2.06. The number of allylic oxidation sites excluding steroid dienone is 1. The van der Waals surface area contributed by atoms with Crippen LogP contribution in [0.5, 0.6) is 0 Å². The van der Waals surface area contributed by atoms with Crippen LogP contribution in [0.3, 0.4) is 0 Å². The number of fused-ring (bicyclic) bond motifs is 1.